The van der Waals surface area contributed by atoms with Crippen LogP contribution < -0.4 is 0 Å². The third kappa shape index (κ3) is 3.77. The molecule has 0 N–H and O–H groups in total. The van der Waals surface area contributed by atoms with E-state index in [1.807, 2.05) is 53.5 Å². The Labute approximate surface area is 160 Å². The summed E-state index contributed by atoms with van der Waals surface area (Å²) in [5, 5.41) is 9.57. The lowest BCUT2D eigenvalue weighted by molar-refractivity contribution is 0.953. The van der Waals surface area contributed by atoms with E-state index in [0.29, 0.717) is 5.56 Å². The van der Waals surface area contributed by atoms with E-state index in [2.05, 4.69) is 43.3 Å². The first kappa shape index (κ1) is 18.5. The van der Waals surface area contributed by atoms with Crippen molar-refractivity contribution in [3.63, 3.8) is 0 Å². The number of hydrogen-bond acceptors (Lipinski definition) is 2. The molecule has 0 fully saturated rings. The zero-order valence-corrected chi connectivity index (χ0v) is 15.9. The molecule has 2 aromatic heterocycles. The minimum Gasteiger partial charge on any atom is -0.307 e. The van der Waals surface area contributed by atoms with Gasteiger partial charge in [-0.25, -0.2) is 4.98 Å². The van der Waals surface area contributed by atoms with Crippen LogP contribution in [0.2, 0.25) is 0 Å². The van der Waals surface area contributed by atoms with E-state index in [-0.39, 0.29) is 0 Å². The summed E-state index contributed by atoms with van der Waals surface area (Å²) in [7, 11) is 0. The molecule has 27 heavy (non-hydrogen) atoms. The Kier molecular flexibility index (Phi) is 5.71. The van der Waals surface area contributed by atoms with E-state index in [9.17, 15) is 5.26 Å². The molecule has 0 saturated carbocycles. The molecule has 0 aliphatic heterocycles. The minimum atomic E-state index is 0.636. The largest absolute Gasteiger partial charge is 0.307 e. The van der Waals surface area contributed by atoms with Crippen LogP contribution in [0, 0.1) is 11.3 Å². The molecule has 0 unspecified atom stereocenters. The molecule has 0 radical (unpaired) electrons. The maximum atomic E-state index is 9.57. The first-order valence-electron chi connectivity index (χ1n) is 9.27. The average molecular weight is 353 g/mol. The van der Waals surface area contributed by atoms with Crippen LogP contribution in [0.1, 0.15) is 43.4 Å². The van der Waals surface area contributed by atoms with Crippen LogP contribution in [0.15, 0.2) is 67.3 Å². The van der Waals surface area contributed by atoms with Gasteiger partial charge in [-0.3, -0.25) is 0 Å². The van der Waals surface area contributed by atoms with Crippen molar-refractivity contribution in [3.8, 4) is 23.0 Å². The second kappa shape index (κ2) is 8.36. The van der Waals surface area contributed by atoms with Gasteiger partial charge in [0.15, 0.2) is 0 Å². The Hall–Kier alpha value is -3.34. The molecule has 134 valence electrons. The van der Waals surface area contributed by atoms with Crippen molar-refractivity contribution < 1.29 is 0 Å². The van der Waals surface area contributed by atoms with E-state index < -0.39 is 0 Å². The first-order chi connectivity index (χ1) is 13.2. The summed E-state index contributed by atoms with van der Waals surface area (Å²) in [5.41, 5.74) is 9.13. The van der Waals surface area contributed by atoms with E-state index >= 15 is 0 Å². The van der Waals surface area contributed by atoms with E-state index in [0.717, 1.165) is 47.3 Å². The summed E-state index contributed by atoms with van der Waals surface area (Å²) in [6.45, 7) is 8.16. The van der Waals surface area contributed by atoms with E-state index in [1.54, 1.807) is 0 Å². The zero-order valence-electron chi connectivity index (χ0n) is 15.9. The lowest BCUT2D eigenvalue weighted by Crippen LogP contribution is -2.00. The third-order valence-electron chi connectivity index (χ3n) is 4.69. The molecule has 0 saturated heterocycles. The van der Waals surface area contributed by atoms with Crippen molar-refractivity contribution in [1.82, 2.24) is 9.55 Å². The highest BCUT2D eigenvalue weighted by molar-refractivity contribution is 5.72. The third-order valence-corrected chi connectivity index (χ3v) is 4.69. The highest BCUT2D eigenvalue weighted by Gasteiger charge is 2.13. The Bertz CT molecular complexity index is 1030. The molecule has 0 aliphatic carbocycles. The molecular weight excluding hydrogens is 330 g/mol. The second-order valence-corrected chi connectivity index (χ2v) is 6.43. The molecule has 0 bridgehead atoms. The molecule has 0 amide bonds. The highest BCUT2D eigenvalue weighted by Crippen LogP contribution is 2.28. The van der Waals surface area contributed by atoms with Crippen LogP contribution in [0.5, 0.6) is 0 Å². The minimum absolute atomic E-state index is 0.636. The lowest BCUT2D eigenvalue weighted by atomic mass is 9.97. The molecular formula is C24H23N3. The number of nitriles is 1. The molecule has 0 spiro atoms. The number of aryl methyl sites for hydroxylation is 1. The Morgan fingerprint density at radius 2 is 1.96 bits per heavy atom. The lowest BCUT2D eigenvalue weighted by Gasteiger charge is -2.12. The maximum Gasteiger partial charge on any atom is 0.137 e. The molecule has 1 aromatic carbocycles. The van der Waals surface area contributed by atoms with Crippen molar-refractivity contribution >= 4 is 5.57 Å². The number of pyridine rings is 1. The van der Waals surface area contributed by atoms with Crippen LogP contribution in [-0.4, -0.2) is 9.55 Å². The van der Waals surface area contributed by atoms with Gasteiger partial charge in [0.1, 0.15) is 11.9 Å². The van der Waals surface area contributed by atoms with Crippen molar-refractivity contribution in [2.24, 2.45) is 0 Å². The van der Waals surface area contributed by atoms with Gasteiger partial charge in [0.25, 0.3) is 0 Å². The zero-order chi connectivity index (χ0) is 19.2. The number of benzene rings is 1. The van der Waals surface area contributed by atoms with Gasteiger partial charge in [-0.05, 0) is 35.6 Å². The summed E-state index contributed by atoms with van der Waals surface area (Å²) in [6.07, 6.45) is 8.62. The number of hydrogen-bond donors (Lipinski definition) is 0. The van der Waals surface area contributed by atoms with E-state index in [4.69, 9.17) is 0 Å². The van der Waals surface area contributed by atoms with Gasteiger partial charge in [0.2, 0.25) is 0 Å². The van der Waals surface area contributed by atoms with Crippen LogP contribution in [0.3, 0.4) is 0 Å². The fraction of sp³-hybridized carbons (Fsp3) is 0.208. The Morgan fingerprint density at radius 3 is 2.59 bits per heavy atom. The van der Waals surface area contributed by atoms with Gasteiger partial charge in [-0.15, -0.1) is 5.73 Å². The predicted molar refractivity (Wildman–Crippen MR) is 111 cm³/mol. The average Bonchev–Trinajstić information content (AvgIpc) is 3.16. The van der Waals surface area contributed by atoms with Crippen LogP contribution >= 0.6 is 0 Å². The SMILES string of the molecule is C=C=C(CCC)c1cc(-n2cc(C#N)c(-c3ccccc3)c2)ncc1CC. The van der Waals surface area contributed by atoms with E-state index in [1.165, 1.54) is 5.56 Å². The number of nitrogens with zero attached hydrogens (tertiary/aromatic N) is 3. The standard InChI is InChI=1S/C24H23N3/c1-4-10-18(5-2)22-13-24(26-15-19(22)6-3)27-16-21(14-25)23(17-27)20-11-8-7-9-12-20/h7-9,11-13,15-17H,2,4,6,10H2,1,3H3. The van der Waals surface area contributed by atoms with Gasteiger partial charge in [-0.2, -0.15) is 5.26 Å². The molecule has 0 atom stereocenters. The second-order valence-electron chi connectivity index (χ2n) is 6.43. The number of aromatic nitrogens is 2. The summed E-state index contributed by atoms with van der Waals surface area (Å²) in [6, 6.07) is 14.3. The number of allylic oxidation sites excluding steroid dienone is 1. The molecule has 0 aliphatic rings. The van der Waals surface area contributed by atoms with Crippen LogP contribution in [0.25, 0.3) is 22.5 Å². The normalized spacial score (nSPS) is 10.3. The summed E-state index contributed by atoms with van der Waals surface area (Å²) in [5.74, 6) is 0.796. The highest BCUT2D eigenvalue weighted by atomic mass is 15.0. The van der Waals surface area contributed by atoms with Crippen molar-refractivity contribution in [1.29, 1.82) is 5.26 Å². The summed E-state index contributed by atoms with van der Waals surface area (Å²) < 4.78 is 1.93. The van der Waals surface area contributed by atoms with Gasteiger partial charge in [0.05, 0.1) is 5.56 Å². The predicted octanol–water partition coefficient (Wildman–Crippen LogP) is 5.94. The first-order valence-corrected chi connectivity index (χ1v) is 9.27. The van der Waals surface area contributed by atoms with Crippen molar-refractivity contribution in [2.75, 3.05) is 0 Å². The summed E-state index contributed by atoms with van der Waals surface area (Å²) >= 11 is 0. The van der Waals surface area contributed by atoms with Gasteiger partial charge in [-0.1, -0.05) is 57.2 Å². The smallest absolute Gasteiger partial charge is 0.137 e. The monoisotopic (exact) mass is 353 g/mol. The molecule has 3 heteroatoms. The van der Waals surface area contributed by atoms with Gasteiger partial charge >= 0.3 is 0 Å². The summed E-state index contributed by atoms with van der Waals surface area (Å²) in [4.78, 5) is 4.63. The fourth-order valence-electron chi connectivity index (χ4n) is 3.27. The van der Waals surface area contributed by atoms with Crippen LogP contribution in [0.4, 0.5) is 0 Å². The van der Waals surface area contributed by atoms with Crippen molar-refractivity contribution in [3.05, 3.63) is 84.0 Å². The Morgan fingerprint density at radius 1 is 1.19 bits per heavy atom. The van der Waals surface area contributed by atoms with Crippen molar-refractivity contribution in [2.45, 2.75) is 33.1 Å². The fourth-order valence-corrected chi connectivity index (χ4v) is 3.27. The molecule has 3 aromatic rings. The quantitative estimate of drug-likeness (QED) is 0.514. The topological polar surface area (TPSA) is 41.6 Å². The molecule has 2 heterocycles. The van der Waals surface area contributed by atoms with Gasteiger partial charge in [0, 0.05) is 29.7 Å². The van der Waals surface area contributed by atoms with Crippen LogP contribution in [-0.2, 0) is 6.42 Å². The number of rotatable bonds is 6. The Balaban J connectivity index is 2.11. The maximum absolute atomic E-state index is 9.57. The molecule has 3 rings (SSSR count). The molecule has 3 nitrogen and oxygen atoms in total. The van der Waals surface area contributed by atoms with Gasteiger partial charge < -0.3 is 4.57 Å².